The fraction of sp³-hybridized carbons (Fsp3) is 0.500. The standard InChI is InChI=1S/C20H24N2O2S2/c23-19(14-15-6-5-13-25-15)22-12-4-7-16(22)17-8-9-18(26-17)20(24)21-10-2-1-3-11-21/h5-6,8-9,13,16H,1-4,7,10-12,14H2/t16-/m1/s1. The largest absolute Gasteiger partial charge is 0.338 e. The highest BCUT2D eigenvalue weighted by molar-refractivity contribution is 7.14. The van der Waals surface area contributed by atoms with Gasteiger partial charge in [-0.1, -0.05) is 6.07 Å². The maximum Gasteiger partial charge on any atom is 0.263 e. The van der Waals surface area contributed by atoms with Gasteiger partial charge in [0.25, 0.3) is 5.91 Å². The minimum atomic E-state index is 0.135. The van der Waals surface area contributed by atoms with Gasteiger partial charge in [0.1, 0.15) is 0 Å². The van der Waals surface area contributed by atoms with Crippen molar-refractivity contribution >= 4 is 34.5 Å². The van der Waals surface area contributed by atoms with Crippen molar-refractivity contribution in [2.75, 3.05) is 19.6 Å². The molecule has 0 unspecified atom stereocenters. The second-order valence-electron chi connectivity index (χ2n) is 7.06. The third-order valence-electron chi connectivity index (χ3n) is 5.29. The summed E-state index contributed by atoms with van der Waals surface area (Å²) in [4.78, 5) is 32.5. The summed E-state index contributed by atoms with van der Waals surface area (Å²) >= 11 is 3.21. The van der Waals surface area contributed by atoms with E-state index in [1.54, 1.807) is 22.7 Å². The number of rotatable bonds is 4. The summed E-state index contributed by atoms with van der Waals surface area (Å²) in [6.07, 6.45) is 5.96. The van der Waals surface area contributed by atoms with Crippen LogP contribution in [-0.4, -0.2) is 41.2 Å². The molecule has 0 N–H and O–H groups in total. The Morgan fingerprint density at radius 3 is 2.65 bits per heavy atom. The van der Waals surface area contributed by atoms with Crippen molar-refractivity contribution in [1.82, 2.24) is 9.80 Å². The molecule has 26 heavy (non-hydrogen) atoms. The second-order valence-corrected chi connectivity index (χ2v) is 9.20. The van der Waals surface area contributed by atoms with Gasteiger partial charge in [-0.05, 0) is 55.7 Å². The number of carbonyl (C=O) groups excluding carboxylic acids is 2. The molecule has 0 aromatic carbocycles. The van der Waals surface area contributed by atoms with Gasteiger partial charge in [-0.15, -0.1) is 22.7 Å². The van der Waals surface area contributed by atoms with E-state index in [-0.39, 0.29) is 17.9 Å². The molecule has 138 valence electrons. The molecule has 6 heteroatoms. The van der Waals surface area contributed by atoms with E-state index in [1.807, 2.05) is 33.4 Å². The van der Waals surface area contributed by atoms with Crippen LogP contribution in [0.15, 0.2) is 29.6 Å². The summed E-state index contributed by atoms with van der Waals surface area (Å²) in [5.74, 6) is 0.364. The van der Waals surface area contributed by atoms with Crippen molar-refractivity contribution in [3.8, 4) is 0 Å². The molecule has 2 amide bonds. The number of nitrogens with zero attached hydrogens (tertiary/aromatic N) is 2. The SMILES string of the molecule is O=C(c1ccc([C@H]2CCCN2C(=O)Cc2cccs2)s1)N1CCCCC1. The van der Waals surface area contributed by atoms with Gasteiger partial charge in [-0.25, -0.2) is 0 Å². The number of thiophene rings is 2. The first-order valence-electron chi connectivity index (χ1n) is 9.43. The van der Waals surface area contributed by atoms with E-state index < -0.39 is 0 Å². The highest BCUT2D eigenvalue weighted by atomic mass is 32.1. The summed E-state index contributed by atoms with van der Waals surface area (Å²) in [7, 11) is 0. The quantitative estimate of drug-likeness (QED) is 0.782. The molecule has 1 atom stereocenters. The van der Waals surface area contributed by atoms with E-state index in [9.17, 15) is 9.59 Å². The Morgan fingerprint density at radius 1 is 1.04 bits per heavy atom. The van der Waals surface area contributed by atoms with E-state index in [2.05, 4.69) is 6.07 Å². The summed E-state index contributed by atoms with van der Waals surface area (Å²) < 4.78 is 0. The third-order valence-corrected chi connectivity index (χ3v) is 7.34. The van der Waals surface area contributed by atoms with E-state index in [1.165, 1.54) is 6.42 Å². The fourth-order valence-corrected chi connectivity index (χ4v) is 5.74. The van der Waals surface area contributed by atoms with Gasteiger partial charge in [0.05, 0.1) is 17.3 Å². The first-order valence-corrected chi connectivity index (χ1v) is 11.1. The number of piperidine rings is 1. The van der Waals surface area contributed by atoms with Crippen LogP contribution in [0.25, 0.3) is 0 Å². The second kappa shape index (κ2) is 7.92. The van der Waals surface area contributed by atoms with Crippen LogP contribution in [0.2, 0.25) is 0 Å². The Hall–Kier alpha value is -1.66. The lowest BCUT2D eigenvalue weighted by Crippen LogP contribution is -2.35. The first kappa shape index (κ1) is 17.7. The molecule has 0 radical (unpaired) electrons. The molecular formula is C20H24N2O2S2. The lowest BCUT2D eigenvalue weighted by Gasteiger charge is -2.26. The number of amides is 2. The van der Waals surface area contributed by atoms with Crippen LogP contribution in [0.3, 0.4) is 0 Å². The summed E-state index contributed by atoms with van der Waals surface area (Å²) in [5, 5.41) is 2.02. The smallest absolute Gasteiger partial charge is 0.263 e. The maximum absolute atomic E-state index is 12.7. The van der Waals surface area contributed by atoms with Gasteiger partial charge in [0.15, 0.2) is 0 Å². The maximum atomic E-state index is 12.7. The normalized spacial score (nSPS) is 20.5. The zero-order valence-corrected chi connectivity index (χ0v) is 16.5. The molecule has 2 aromatic heterocycles. The molecular weight excluding hydrogens is 364 g/mol. The number of hydrogen-bond donors (Lipinski definition) is 0. The Kier molecular flexibility index (Phi) is 5.41. The summed E-state index contributed by atoms with van der Waals surface area (Å²) in [6.45, 7) is 2.57. The summed E-state index contributed by atoms with van der Waals surface area (Å²) in [6, 6.07) is 8.16. The molecule has 2 aromatic rings. The highest BCUT2D eigenvalue weighted by Gasteiger charge is 2.31. The van der Waals surface area contributed by atoms with Gasteiger partial charge in [0, 0.05) is 29.4 Å². The van der Waals surface area contributed by atoms with E-state index >= 15 is 0 Å². The number of likely N-dealkylation sites (tertiary alicyclic amines) is 2. The predicted molar refractivity (Wildman–Crippen MR) is 106 cm³/mol. The molecule has 2 fully saturated rings. The minimum Gasteiger partial charge on any atom is -0.338 e. The Balaban J connectivity index is 1.45. The van der Waals surface area contributed by atoms with Crippen molar-refractivity contribution in [2.24, 2.45) is 0 Å². The Morgan fingerprint density at radius 2 is 1.88 bits per heavy atom. The number of hydrogen-bond acceptors (Lipinski definition) is 4. The average Bonchev–Trinajstić information content (AvgIpc) is 3.41. The fourth-order valence-electron chi connectivity index (χ4n) is 3.92. The lowest BCUT2D eigenvalue weighted by molar-refractivity contribution is -0.131. The van der Waals surface area contributed by atoms with Gasteiger partial charge < -0.3 is 9.80 Å². The van der Waals surface area contributed by atoms with E-state index in [0.717, 1.165) is 59.9 Å². The molecule has 0 bridgehead atoms. The molecule has 2 aliphatic heterocycles. The Bertz CT molecular complexity index is 763. The van der Waals surface area contributed by atoms with Crippen molar-refractivity contribution in [3.63, 3.8) is 0 Å². The van der Waals surface area contributed by atoms with Crippen molar-refractivity contribution < 1.29 is 9.59 Å². The van der Waals surface area contributed by atoms with Crippen LogP contribution in [0, 0.1) is 0 Å². The zero-order valence-electron chi connectivity index (χ0n) is 14.9. The zero-order chi connectivity index (χ0) is 17.9. The molecule has 0 aliphatic carbocycles. The Labute approximate surface area is 162 Å². The van der Waals surface area contributed by atoms with Crippen molar-refractivity contribution in [1.29, 1.82) is 0 Å². The predicted octanol–water partition coefficient (Wildman–Crippen LogP) is 4.34. The molecule has 4 heterocycles. The van der Waals surface area contributed by atoms with Crippen molar-refractivity contribution in [3.05, 3.63) is 44.3 Å². The summed E-state index contributed by atoms with van der Waals surface area (Å²) in [5.41, 5.74) is 0. The van der Waals surface area contributed by atoms with Crippen LogP contribution in [0.5, 0.6) is 0 Å². The minimum absolute atomic E-state index is 0.135. The molecule has 2 saturated heterocycles. The average molecular weight is 389 g/mol. The van der Waals surface area contributed by atoms with Crippen LogP contribution in [0.1, 0.15) is 57.6 Å². The van der Waals surface area contributed by atoms with Gasteiger partial charge >= 0.3 is 0 Å². The topological polar surface area (TPSA) is 40.6 Å². The van der Waals surface area contributed by atoms with Crippen LogP contribution < -0.4 is 0 Å². The molecule has 0 saturated carbocycles. The number of carbonyl (C=O) groups is 2. The van der Waals surface area contributed by atoms with Crippen LogP contribution in [0.4, 0.5) is 0 Å². The lowest BCUT2D eigenvalue weighted by atomic mass is 10.1. The monoisotopic (exact) mass is 388 g/mol. The van der Waals surface area contributed by atoms with Gasteiger partial charge in [-0.3, -0.25) is 9.59 Å². The van der Waals surface area contributed by atoms with E-state index in [0.29, 0.717) is 6.42 Å². The first-order chi connectivity index (χ1) is 12.7. The van der Waals surface area contributed by atoms with E-state index in [4.69, 9.17) is 0 Å². The highest BCUT2D eigenvalue weighted by Crippen LogP contribution is 2.37. The van der Waals surface area contributed by atoms with Crippen LogP contribution in [-0.2, 0) is 11.2 Å². The van der Waals surface area contributed by atoms with Gasteiger partial charge in [0.2, 0.25) is 5.91 Å². The molecule has 4 nitrogen and oxygen atoms in total. The molecule has 2 aliphatic rings. The van der Waals surface area contributed by atoms with Crippen LogP contribution >= 0.6 is 22.7 Å². The molecule has 0 spiro atoms. The molecule has 4 rings (SSSR count). The van der Waals surface area contributed by atoms with Crippen molar-refractivity contribution in [2.45, 2.75) is 44.6 Å². The van der Waals surface area contributed by atoms with Gasteiger partial charge in [-0.2, -0.15) is 0 Å². The third kappa shape index (κ3) is 3.71.